The number of rotatable bonds is 5. The van der Waals surface area contributed by atoms with Crippen LogP contribution < -0.4 is 10.6 Å². The third-order valence-electron chi connectivity index (χ3n) is 3.63. The minimum atomic E-state index is -0.831. The zero-order chi connectivity index (χ0) is 14.5. The van der Waals surface area contributed by atoms with Gasteiger partial charge in [0, 0.05) is 19.7 Å². The minimum Gasteiger partial charge on any atom is -0.481 e. The van der Waals surface area contributed by atoms with Gasteiger partial charge in [0.05, 0.1) is 11.5 Å². The number of hydrogen-bond donors (Lipinski definition) is 3. The van der Waals surface area contributed by atoms with Gasteiger partial charge in [0.15, 0.2) is 0 Å². The molecule has 1 aliphatic rings. The Morgan fingerprint density at radius 1 is 1.32 bits per heavy atom. The highest BCUT2D eigenvalue weighted by molar-refractivity contribution is 5.76. The molecule has 110 valence electrons. The minimum absolute atomic E-state index is 0.281. The molecule has 2 unspecified atom stereocenters. The van der Waals surface area contributed by atoms with E-state index in [1.807, 2.05) is 13.8 Å². The van der Waals surface area contributed by atoms with Gasteiger partial charge in [-0.2, -0.15) is 0 Å². The topological polar surface area (TPSA) is 87.7 Å². The van der Waals surface area contributed by atoms with Crippen molar-refractivity contribution >= 4 is 12.0 Å². The average Bonchev–Trinajstić information content (AvgIpc) is 2.37. The third-order valence-corrected chi connectivity index (χ3v) is 3.63. The predicted molar refractivity (Wildman–Crippen MR) is 71.0 cm³/mol. The molecule has 2 atom stereocenters. The number of carboxylic acids is 1. The number of amides is 2. The molecule has 6 heteroatoms. The molecule has 1 fully saturated rings. The average molecular weight is 272 g/mol. The lowest BCUT2D eigenvalue weighted by Crippen LogP contribution is -2.51. The summed E-state index contributed by atoms with van der Waals surface area (Å²) in [7, 11) is 1.58. The van der Waals surface area contributed by atoms with Crippen LogP contribution in [-0.4, -0.2) is 42.4 Å². The summed E-state index contributed by atoms with van der Waals surface area (Å²) in [4.78, 5) is 22.9. The fourth-order valence-electron chi connectivity index (χ4n) is 2.18. The fourth-order valence-corrected chi connectivity index (χ4v) is 2.18. The monoisotopic (exact) mass is 272 g/mol. The molecule has 19 heavy (non-hydrogen) atoms. The van der Waals surface area contributed by atoms with E-state index in [-0.39, 0.29) is 12.1 Å². The molecule has 0 bridgehead atoms. The molecule has 3 N–H and O–H groups in total. The SMILES string of the molecule is COC(C)(C)CNC(=O)NC1CCCCC1C(=O)O. The molecule has 0 aliphatic heterocycles. The second-order valence-electron chi connectivity index (χ2n) is 5.63. The van der Waals surface area contributed by atoms with E-state index in [4.69, 9.17) is 9.84 Å². The number of carbonyl (C=O) groups excluding carboxylic acids is 1. The van der Waals surface area contributed by atoms with Crippen molar-refractivity contribution in [2.75, 3.05) is 13.7 Å². The van der Waals surface area contributed by atoms with E-state index in [0.717, 1.165) is 19.3 Å². The molecule has 0 heterocycles. The van der Waals surface area contributed by atoms with Crippen molar-refractivity contribution in [1.29, 1.82) is 0 Å². The van der Waals surface area contributed by atoms with Crippen LogP contribution in [-0.2, 0) is 9.53 Å². The molecular formula is C13H24N2O4. The molecule has 0 aromatic carbocycles. The summed E-state index contributed by atoms with van der Waals surface area (Å²) in [6.07, 6.45) is 3.22. The van der Waals surface area contributed by atoms with Crippen molar-refractivity contribution in [2.45, 2.75) is 51.2 Å². The zero-order valence-electron chi connectivity index (χ0n) is 11.9. The van der Waals surface area contributed by atoms with E-state index in [2.05, 4.69) is 10.6 Å². The van der Waals surface area contributed by atoms with Gasteiger partial charge in [0.1, 0.15) is 0 Å². The van der Waals surface area contributed by atoms with E-state index in [1.165, 1.54) is 0 Å². The van der Waals surface area contributed by atoms with E-state index >= 15 is 0 Å². The number of ether oxygens (including phenoxy) is 1. The van der Waals surface area contributed by atoms with Gasteiger partial charge in [-0.1, -0.05) is 12.8 Å². The first-order chi connectivity index (χ1) is 8.85. The Morgan fingerprint density at radius 3 is 2.53 bits per heavy atom. The molecule has 0 spiro atoms. The highest BCUT2D eigenvalue weighted by Gasteiger charge is 2.32. The summed E-state index contributed by atoms with van der Waals surface area (Å²) in [6, 6.07) is -0.611. The molecule has 0 radical (unpaired) electrons. The number of carboxylic acid groups (broad SMARTS) is 1. The Bertz CT molecular complexity index is 331. The van der Waals surface area contributed by atoms with Gasteiger partial charge in [-0.25, -0.2) is 4.79 Å². The third kappa shape index (κ3) is 5.06. The number of methoxy groups -OCH3 is 1. The molecule has 6 nitrogen and oxygen atoms in total. The van der Waals surface area contributed by atoms with Crippen molar-refractivity contribution in [1.82, 2.24) is 10.6 Å². The van der Waals surface area contributed by atoms with Crippen LogP contribution in [0.5, 0.6) is 0 Å². The Kier molecular flexibility index (Phi) is 5.60. The maximum Gasteiger partial charge on any atom is 0.315 e. The largest absolute Gasteiger partial charge is 0.481 e. The van der Waals surface area contributed by atoms with Gasteiger partial charge in [-0.3, -0.25) is 4.79 Å². The molecular weight excluding hydrogens is 248 g/mol. The summed E-state index contributed by atoms with van der Waals surface area (Å²) in [6.45, 7) is 4.11. The highest BCUT2D eigenvalue weighted by atomic mass is 16.5. The van der Waals surface area contributed by atoms with Gasteiger partial charge in [-0.15, -0.1) is 0 Å². The van der Waals surface area contributed by atoms with Crippen LogP contribution >= 0.6 is 0 Å². The molecule has 2 amide bonds. The van der Waals surface area contributed by atoms with E-state index in [9.17, 15) is 9.59 Å². The van der Waals surface area contributed by atoms with Gasteiger partial charge in [-0.05, 0) is 26.7 Å². The molecule has 1 rings (SSSR count). The standard InChI is InChI=1S/C13H24N2O4/c1-13(2,19-3)8-14-12(18)15-10-7-5-4-6-9(10)11(16)17/h9-10H,4-8H2,1-3H3,(H,16,17)(H2,14,15,18). The van der Waals surface area contributed by atoms with Crippen LogP contribution in [0.2, 0.25) is 0 Å². The van der Waals surface area contributed by atoms with Crippen molar-refractivity contribution in [3.8, 4) is 0 Å². The first-order valence-electron chi connectivity index (χ1n) is 6.68. The van der Waals surface area contributed by atoms with E-state index in [1.54, 1.807) is 7.11 Å². The number of urea groups is 1. The summed E-state index contributed by atoms with van der Waals surface area (Å²) in [5, 5.41) is 14.6. The molecule has 0 aromatic rings. The summed E-state index contributed by atoms with van der Waals surface area (Å²) in [5.41, 5.74) is -0.434. The number of aliphatic carboxylic acids is 1. The second-order valence-corrected chi connectivity index (χ2v) is 5.63. The summed E-state index contributed by atoms with van der Waals surface area (Å²) in [5.74, 6) is -1.31. The summed E-state index contributed by atoms with van der Waals surface area (Å²) < 4.78 is 5.20. The van der Waals surface area contributed by atoms with Gasteiger partial charge in [0.25, 0.3) is 0 Å². The fraction of sp³-hybridized carbons (Fsp3) is 0.846. The first-order valence-corrected chi connectivity index (χ1v) is 6.68. The van der Waals surface area contributed by atoms with Gasteiger partial charge in [0.2, 0.25) is 0 Å². The Hall–Kier alpha value is -1.30. The number of nitrogens with one attached hydrogen (secondary N) is 2. The maximum atomic E-state index is 11.8. The van der Waals surface area contributed by atoms with Gasteiger partial charge < -0.3 is 20.5 Å². The molecule has 0 aromatic heterocycles. The van der Waals surface area contributed by atoms with Crippen molar-refractivity contribution in [2.24, 2.45) is 5.92 Å². The van der Waals surface area contributed by atoms with Crippen LogP contribution in [0.15, 0.2) is 0 Å². The Morgan fingerprint density at radius 2 is 1.95 bits per heavy atom. The van der Waals surface area contributed by atoms with E-state index in [0.29, 0.717) is 13.0 Å². The number of carbonyl (C=O) groups is 2. The van der Waals surface area contributed by atoms with Crippen LogP contribution in [0.1, 0.15) is 39.5 Å². The first kappa shape index (κ1) is 15.8. The predicted octanol–water partition coefficient (Wildman–Crippen LogP) is 1.35. The lowest BCUT2D eigenvalue weighted by atomic mass is 9.84. The van der Waals surface area contributed by atoms with Crippen molar-refractivity contribution in [3.63, 3.8) is 0 Å². The van der Waals surface area contributed by atoms with Crippen molar-refractivity contribution < 1.29 is 19.4 Å². The Balaban J connectivity index is 2.44. The molecule has 0 saturated heterocycles. The number of hydrogen-bond acceptors (Lipinski definition) is 3. The second kappa shape index (κ2) is 6.75. The van der Waals surface area contributed by atoms with Crippen LogP contribution in [0.25, 0.3) is 0 Å². The Labute approximate surface area is 113 Å². The highest BCUT2D eigenvalue weighted by Crippen LogP contribution is 2.24. The summed E-state index contributed by atoms with van der Waals surface area (Å²) >= 11 is 0. The van der Waals surface area contributed by atoms with Crippen LogP contribution in [0.3, 0.4) is 0 Å². The van der Waals surface area contributed by atoms with Crippen molar-refractivity contribution in [3.05, 3.63) is 0 Å². The van der Waals surface area contributed by atoms with E-state index < -0.39 is 17.5 Å². The van der Waals surface area contributed by atoms with Crippen LogP contribution in [0, 0.1) is 5.92 Å². The smallest absolute Gasteiger partial charge is 0.315 e. The van der Waals surface area contributed by atoms with Gasteiger partial charge >= 0.3 is 12.0 Å². The molecule has 1 saturated carbocycles. The quantitative estimate of drug-likeness (QED) is 0.705. The lowest BCUT2D eigenvalue weighted by molar-refractivity contribution is -0.143. The molecule has 1 aliphatic carbocycles. The van der Waals surface area contributed by atoms with Crippen LogP contribution in [0.4, 0.5) is 4.79 Å². The maximum absolute atomic E-state index is 11.8. The normalized spacial score (nSPS) is 23.7. The lowest BCUT2D eigenvalue weighted by Gasteiger charge is -2.30. The zero-order valence-corrected chi connectivity index (χ0v) is 11.9.